The average molecular weight is 188 g/mol. The molecule has 0 aromatic rings. The van der Waals surface area contributed by atoms with Gasteiger partial charge in [-0.2, -0.15) is 0 Å². The Hall–Kier alpha value is 1.49. The van der Waals surface area contributed by atoms with Gasteiger partial charge in [-0.1, -0.05) is 36.9 Å². The summed E-state index contributed by atoms with van der Waals surface area (Å²) in [6.07, 6.45) is 2.69. The molecule has 0 radical (unpaired) electrons. The van der Waals surface area contributed by atoms with E-state index in [4.69, 9.17) is 0 Å². The maximum atomic E-state index is 12.0. The topological polar surface area (TPSA) is 0 Å². The average Bonchev–Trinajstić information content (AvgIpc) is 2.30. The number of fused-ring (bicyclic) bond motifs is 1. The van der Waals surface area contributed by atoms with Crippen LogP contribution in [0.5, 0.6) is 0 Å². The Kier molecular flexibility index (Phi) is 3.20. The number of hydrogen-bond acceptors (Lipinski definition) is 0. The third-order valence-electron chi connectivity index (χ3n) is 2.91. The second-order valence-electron chi connectivity index (χ2n) is 3.46. The molecule has 0 aliphatic heterocycles. The normalized spacial score (nSPS) is 41.2. The third-order valence-corrected chi connectivity index (χ3v) is 2.91. The first-order valence-electron chi connectivity index (χ1n) is 3.80. The molecule has 0 aromatic heterocycles. The zero-order valence-electron chi connectivity index (χ0n) is 6.56. The minimum absolute atomic E-state index is 0. The van der Waals surface area contributed by atoms with Gasteiger partial charge in [-0.05, 0) is 0 Å². The van der Waals surface area contributed by atoms with E-state index in [0.717, 1.165) is 19.3 Å². The van der Waals surface area contributed by atoms with E-state index in [1.54, 1.807) is 0 Å². The van der Waals surface area contributed by atoms with Crippen LogP contribution < -0.4 is 51.4 Å². The van der Waals surface area contributed by atoms with Crippen LogP contribution in [0.2, 0.25) is 5.82 Å². The molecule has 0 bridgehead atoms. The molecule has 0 spiro atoms. The van der Waals surface area contributed by atoms with Crippen LogP contribution in [0.1, 0.15) is 19.3 Å². The first-order valence-corrected chi connectivity index (χ1v) is 3.80. The summed E-state index contributed by atoms with van der Waals surface area (Å²) in [7, 11) is 0. The summed E-state index contributed by atoms with van der Waals surface area (Å²) in [5.74, 6) is -0.770. The summed E-state index contributed by atoms with van der Waals surface area (Å²) in [5, 5.41) is 0. The molecular weight excluding hydrogens is 179 g/mol. The van der Waals surface area contributed by atoms with Gasteiger partial charge in [0.2, 0.25) is 0 Å². The Bertz CT molecular complexity index is 148. The molecule has 11 heavy (non-hydrogen) atoms. The smallest absolute Gasteiger partial charge is 0.449 e. The quantitative estimate of drug-likeness (QED) is 0.493. The summed E-state index contributed by atoms with van der Waals surface area (Å²) in [6.45, 7) is -4.49. The SMILES string of the molecule is F[B-](F)(F)C1C2CCCC21.[K+]. The van der Waals surface area contributed by atoms with Gasteiger partial charge in [-0.15, -0.1) is 0 Å². The van der Waals surface area contributed by atoms with E-state index in [1.165, 1.54) is 0 Å². The van der Waals surface area contributed by atoms with Crippen molar-refractivity contribution in [1.29, 1.82) is 0 Å². The second kappa shape index (κ2) is 3.33. The molecule has 0 heterocycles. The largest absolute Gasteiger partial charge is 1.00 e. The standard InChI is InChI=1S/C6H9BF3.K/c8-7(9,10)6-4-2-1-3-5(4)6;/h4-6H,1-3H2;/q-1;+1. The monoisotopic (exact) mass is 188 g/mol. The van der Waals surface area contributed by atoms with Crippen molar-refractivity contribution in [3.63, 3.8) is 0 Å². The van der Waals surface area contributed by atoms with Gasteiger partial charge in [-0.25, -0.2) is 0 Å². The Labute approximate surface area is 107 Å². The Morgan fingerprint density at radius 2 is 1.45 bits per heavy atom. The third kappa shape index (κ3) is 1.88. The molecule has 2 unspecified atom stereocenters. The van der Waals surface area contributed by atoms with Crippen molar-refractivity contribution in [3.8, 4) is 0 Å². The van der Waals surface area contributed by atoms with Gasteiger partial charge in [0.05, 0.1) is 0 Å². The summed E-state index contributed by atoms with van der Waals surface area (Å²) >= 11 is 0. The van der Waals surface area contributed by atoms with Crippen LogP contribution in [-0.2, 0) is 0 Å². The van der Waals surface area contributed by atoms with Gasteiger partial charge in [0, 0.05) is 0 Å². The molecular formula is C6H9BF3K. The van der Waals surface area contributed by atoms with Gasteiger partial charge < -0.3 is 12.9 Å². The zero-order valence-corrected chi connectivity index (χ0v) is 9.69. The molecule has 0 saturated heterocycles. The van der Waals surface area contributed by atoms with E-state index in [1.807, 2.05) is 0 Å². The predicted octanol–water partition coefficient (Wildman–Crippen LogP) is -0.362. The number of rotatable bonds is 1. The fourth-order valence-corrected chi connectivity index (χ4v) is 2.44. The van der Waals surface area contributed by atoms with Crippen molar-refractivity contribution in [2.24, 2.45) is 11.8 Å². The van der Waals surface area contributed by atoms with Gasteiger partial charge in [0.1, 0.15) is 0 Å². The van der Waals surface area contributed by atoms with Crippen LogP contribution in [0, 0.1) is 11.8 Å². The Morgan fingerprint density at radius 1 is 1.00 bits per heavy atom. The van der Waals surface area contributed by atoms with Gasteiger partial charge >= 0.3 is 58.4 Å². The van der Waals surface area contributed by atoms with E-state index < -0.39 is 12.8 Å². The maximum absolute atomic E-state index is 12.0. The zero-order chi connectivity index (χ0) is 7.35. The van der Waals surface area contributed by atoms with Crippen molar-refractivity contribution in [3.05, 3.63) is 0 Å². The van der Waals surface area contributed by atoms with Crippen LogP contribution >= 0.6 is 0 Å². The molecule has 0 N–H and O–H groups in total. The van der Waals surface area contributed by atoms with Crippen molar-refractivity contribution in [2.75, 3.05) is 0 Å². The summed E-state index contributed by atoms with van der Waals surface area (Å²) < 4.78 is 36.1. The summed E-state index contributed by atoms with van der Waals surface area (Å²) in [4.78, 5) is 0. The van der Waals surface area contributed by atoms with E-state index >= 15 is 0 Å². The summed E-state index contributed by atoms with van der Waals surface area (Å²) in [5.41, 5.74) is 0. The second-order valence-corrected chi connectivity index (χ2v) is 3.46. The first kappa shape index (κ1) is 10.6. The Balaban J connectivity index is 0.000000605. The van der Waals surface area contributed by atoms with E-state index in [9.17, 15) is 12.9 Å². The van der Waals surface area contributed by atoms with Crippen molar-refractivity contribution >= 4 is 6.98 Å². The fraction of sp³-hybridized carbons (Fsp3) is 1.00. The number of hydrogen-bond donors (Lipinski definition) is 0. The van der Waals surface area contributed by atoms with Crippen LogP contribution in [0.25, 0.3) is 0 Å². The molecule has 2 aliphatic carbocycles. The van der Waals surface area contributed by atoms with E-state index in [-0.39, 0.29) is 63.2 Å². The van der Waals surface area contributed by atoms with Crippen LogP contribution in [0.15, 0.2) is 0 Å². The molecule has 0 aromatic carbocycles. The molecule has 2 atom stereocenters. The van der Waals surface area contributed by atoms with Crippen LogP contribution in [0.3, 0.4) is 0 Å². The van der Waals surface area contributed by atoms with Crippen LogP contribution in [0.4, 0.5) is 12.9 Å². The van der Waals surface area contributed by atoms with Gasteiger partial charge in [-0.3, -0.25) is 0 Å². The molecule has 58 valence electrons. The minimum Gasteiger partial charge on any atom is -0.449 e. The molecule has 2 rings (SSSR count). The predicted molar refractivity (Wildman–Crippen MR) is 33.7 cm³/mol. The molecule has 2 saturated carbocycles. The van der Waals surface area contributed by atoms with Crippen molar-refractivity contribution < 1.29 is 64.3 Å². The minimum atomic E-state index is -4.49. The molecule has 2 fully saturated rings. The molecule has 0 amide bonds. The van der Waals surface area contributed by atoms with E-state index in [0.29, 0.717) is 0 Å². The molecule has 0 nitrogen and oxygen atoms in total. The first-order chi connectivity index (χ1) is 4.61. The molecule has 5 heteroatoms. The Morgan fingerprint density at radius 3 is 1.73 bits per heavy atom. The van der Waals surface area contributed by atoms with Crippen molar-refractivity contribution in [1.82, 2.24) is 0 Å². The maximum Gasteiger partial charge on any atom is 1.00 e. The molecule has 2 aliphatic rings. The summed E-state index contributed by atoms with van der Waals surface area (Å²) in [6, 6.07) is 0. The number of halogens is 3. The van der Waals surface area contributed by atoms with Crippen molar-refractivity contribution in [2.45, 2.75) is 25.1 Å². The van der Waals surface area contributed by atoms with Gasteiger partial charge in [0.25, 0.3) is 0 Å². The van der Waals surface area contributed by atoms with Gasteiger partial charge in [0.15, 0.2) is 0 Å². The van der Waals surface area contributed by atoms with Crippen LogP contribution in [-0.4, -0.2) is 6.98 Å². The van der Waals surface area contributed by atoms with E-state index in [2.05, 4.69) is 0 Å². The fourth-order valence-electron chi connectivity index (χ4n) is 2.44.